The lowest BCUT2D eigenvalue weighted by Gasteiger charge is -2.21. The SMILES string of the molecule is CCCCN(CCCC)CCCC.O=[N+]([O-])c1cc([N+](=O)[O-])c(Cl)c([N+](=O)[O-])c1.c1ccncc1. The van der Waals surface area contributed by atoms with E-state index in [1.54, 1.807) is 12.4 Å². The zero-order chi connectivity index (χ0) is 26.6. The molecule has 0 aliphatic rings. The Labute approximate surface area is 210 Å². The molecule has 2 aromatic rings. The molecule has 194 valence electrons. The van der Waals surface area contributed by atoms with Crippen LogP contribution in [0.25, 0.3) is 0 Å². The molecule has 1 aromatic heterocycles. The maximum Gasteiger partial charge on any atom is 0.301 e. The van der Waals surface area contributed by atoms with Crippen molar-refractivity contribution in [2.24, 2.45) is 0 Å². The minimum atomic E-state index is -1.03. The van der Waals surface area contributed by atoms with Crippen LogP contribution in [0.2, 0.25) is 5.02 Å². The molecule has 11 nitrogen and oxygen atoms in total. The van der Waals surface area contributed by atoms with Gasteiger partial charge in [0, 0.05) is 12.4 Å². The number of unbranched alkanes of at least 4 members (excludes halogenated alkanes) is 3. The molecule has 0 saturated carbocycles. The molecule has 35 heavy (non-hydrogen) atoms. The summed E-state index contributed by atoms with van der Waals surface area (Å²) >= 11 is 5.37. The van der Waals surface area contributed by atoms with Crippen LogP contribution >= 0.6 is 11.6 Å². The van der Waals surface area contributed by atoms with Crippen molar-refractivity contribution in [2.75, 3.05) is 19.6 Å². The number of nitro benzene ring substituents is 3. The molecule has 0 saturated heterocycles. The summed E-state index contributed by atoms with van der Waals surface area (Å²) in [7, 11) is 0. The van der Waals surface area contributed by atoms with E-state index < -0.39 is 36.9 Å². The molecule has 0 N–H and O–H groups in total. The molecule has 1 aromatic carbocycles. The summed E-state index contributed by atoms with van der Waals surface area (Å²) in [6.45, 7) is 10.8. The van der Waals surface area contributed by atoms with Crippen LogP contribution in [0.1, 0.15) is 59.3 Å². The highest BCUT2D eigenvalue weighted by atomic mass is 35.5. The molecule has 0 atom stereocenters. The number of nitro groups is 3. The predicted octanol–water partition coefficient (Wildman–Crippen LogP) is 6.83. The Morgan fingerprint density at radius 2 is 1.14 bits per heavy atom. The van der Waals surface area contributed by atoms with Gasteiger partial charge in [0.1, 0.15) is 0 Å². The number of hydrogen-bond acceptors (Lipinski definition) is 8. The fraction of sp³-hybridized carbons (Fsp3) is 0.522. The van der Waals surface area contributed by atoms with E-state index in [-0.39, 0.29) is 0 Å². The summed E-state index contributed by atoms with van der Waals surface area (Å²) in [5, 5.41) is 30.5. The van der Waals surface area contributed by atoms with E-state index in [0.29, 0.717) is 12.1 Å². The monoisotopic (exact) mass is 511 g/mol. The Bertz CT molecular complexity index is 820. The highest BCUT2D eigenvalue weighted by Crippen LogP contribution is 2.37. The Morgan fingerprint density at radius 3 is 1.37 bits per heavy atom. The largest absolute Gasteiger partial charge is 0.303 e. The van der Waals surface area contributed by atoms with Crippen molar-refractivity contribution in [3.63, 3.8) is 0 Å². The van der Waals surface area contributed by atoms with Crippen LogP contribution in [0.5, 0.6) is 0 Å². The Kier molecular flexibility index (Phi) is 17.4. The normalized spacial score (nSPS) is 9.97. The van der Waals surface area contributed by atoms with E-state index in [9.17, 15) is 30.3 Å². The van der Waals surface area contributed by atoms with Gasteiger partial charge in [-0.15, -0.1) is 0 Å². The second-order valence-corrected chi connectivity index (χ2v) is 7.87. The molecule has 0 radical (unpaired) electrons. The number of aromatic nitrogens is 1. The molecule has 2 rings (SSSR count). The third-order valence-corrected chi connectivity index (χ3v) is 5.06. The number of benzene rings is 1. The molecular formula is C23H34ClN5O6. The average Bonchev–Trinajstić information content (AvgIpc) is 2.85. The molecular weight excluding hydrogens is 478 g/mol. The Hall–Kier alpha value is -3.18. The van der Waals surface area contributed by atoms with Crippen molar-refractivity contribution in [1.29, 1.82) is 0 Å². The lowest BCUT2D eigenvalue weighted by molar-refractivity contribution is -0.403. The van der Waals surface area contributed by atoms with E-state index in [4.69, 9.17) is 11.6 Å². The van der Waals surface area contributed by atoms with Crippen LogP contribution in [-0.2, 0) is 0 Å². The van der Waals surface area contributed by atoms with Gasteiger partial charge in [-0.05, 0) is 51.0 Å². The van der Waals surface area contributed by atoms with E-state index in [0.717, 1.165) is 0 Å². The first-order valence-electron chi connectivity index (χ1n) is 11.5. The van der Waals surface area contributed by atoms with Crippen LogP contribution in [0.15, 0.2) is 42.7 Å². The van der Waals surface area contributed by atoms with Crippen LogP contribution in [0.4, 0.5) is 17.1 Å². The number of pyridine rings is 1. The number of non-ortho nitro benzene ring substituents is 1. The topological polar surface area (TPSA) is 146 Å². The summed E-state index contributed by atoms with van der Waals surface area (Å²) in [6, 6.07) is 6.84. The van der Waals surface area contributed by atoms with Crippen LogP contribution in [-0.4, -0.2) is 44.3 Å². The highest BCUT2D eigenvalue weighted by molar-refractivity contribution is 6.34. The molecule has 12 heteroatoms. The summed E-state index contributed by atoms with van der Waals surface area (Å²) < 4.78 is 0. The van der Waals surface area contributed by atoms with Crippen molar-refractivity contribution in [1.82, 2.24) is 9.88 Å². The summed E-state index contributed by atoms with van der Waals surface area (Å²) in [5.74, 6) is 0. The van der Waals surface area contributed by atoms with Gasteiger partial charge in [0.05, 0.1) is 26.9 Å². The van der Waals surface area contributed by atoms with Crippen molar-refractivity contribution >= 4 is 28.7 Å². The van der Waals surface area contributed by atoms with E-state index in [1.807, 2.05) is 18.2 Å². The van der Waals surface area contributed by atoms with Gasteiger partial charge in [0.25, 0.3) is 5.69 Å². The van der Waals surface area contributed by atoms with Crippen molar-refractivity contribution < 1.29 is 14.8 Å². The zero-order valence-electron chi connectivity index (χ0n) is 20.5. The summed E-state index contributed by atoms with van der Waals surface area (Å²) in [6.07, 6.45) is 11.6. The van der Waals surface area contributed by atoms with Gasteiger partial charge < -0.3 is 4.90 Å². The van der Waals surface area contributed by atoms with Gasteiger partial charge >= 0.3 is 11.4 Å². The highest BCUT2D eigenvalue weighted by Gasteiger charge is 2.29. The maximum atomic E-state index is 10.4. The van der Waals surface area contributed by atoms with Crippen molar-refractivity contribution in [3.05, 3.63) is 78.1 Å². The molecule has 0 bridgehead atoms. The predicted molar refractivity (Wildman–Crippen MR) is 137 cm³/mol. The van der Waals surface area contributed by atoms with Crippen LogP contribution in [0.3, 0.4) is 0 Å². The molecule has 0 aliphatic heterocycles. The number of rotatable bonds is 12. The summed E-state index contributed by atoms with van der Waals surface area (Å²) in [5.41, 5.74) is -2.51. The summed E-state index contributed by atoms with van der Waals surface area (Å²) in [4.78, 5) is 34.7. The molecule has 0 amide bonds. The quantitative estimate of drug-likeness (QED) is 0.222. The van der Waals surface area contributed by atoms with Gasteiger partial charge in [-0.25, -0.2) is 0 Å². The lowest BCUT2D eigenvalue weighted by Crippen LogP contribution is -2.27. The van der Waals surface area contributed by atoms with Crippen LogP contribution in [0, 0.1) is 30.3 Å². The van der Waals surface area contributed by atoms with E-state index in [1.165, 1.54) is 58.2 Å². The second kappa shape index (κ2) is 19.2. The Morgan fingerprint density at radius 1 is 0.743 bits per heavy atom. The molecule has 0 aliphatic carbocycles. The van der Waals surface area contributed by atoms with E-state index in [2.05, 4.69) is 30.7 Å². The molecule has 0 spiro atoms. The fourth-order valence-corrected chi connectivity index (χ4v) is 2.99. The third-order valence-electron chi connectivity index (χ3n) is 4.67. The average molecular weight is 512 g/mol. The zero-order valence-corrected chi connectivity index (χ0v) is 21.2. The lowest BCUT2D eigenvalue weighted by atomic mass is 10.2. The smallest absolute Gasteiger partial charge is 0.301 e. The third kappa shape index (κ3) is 14.0. The first-order chi connectivity index (χ1) is 16.7. The minimum absolute atomic E-state index is 0.565. The molecule has 0 fully saturated rings. The van der Waals surface area contributed by atoms with Gasteiger partial charge in [0.15, 0.2) is 5.02 Å². The fourth-order valence-electron chi connectivity index (χ4n) is 2.74. The number of nitrogens with zero attached hydrogens (tertiary/aromatic N) is 5. The van der Waals surface area contributed by atoms with Crippen LogP contribution < -0.4 is 0 Å². The van der Waals surface area contributed by atoms with E-state index >= 15 is 0 Å². The standard InChI is InChI=1S/C12H27N.C6H2ClN3O6.C5H5N/c1-4-7-10-13(11-8-5-2)12-9-6-3;7-6-4(9(13)14)1-3(8(11)12)2-5(6)10(15)16;1-2-4-6-5-3-1/h4-12H2,1-3H3;1-2H;1-5H. The van der Waals surface area contributed by atoms with Gasteiger partial charge in [-0.1, -0.05) is 57.7 Å². The maximum absolute atomic E-state index is 10.4. The van der Waals surface area contributed by atoms with Crippen molar-refractivity contribution in [2.45, 2.75) is 59.3 Å². The number of halogens is 1. The number of hydrogen-bond donors (Lipinski definition) is 0. The molecule has 1 heterocycles. The first kappa shape index (κ1) is 31.8. The van der Waals surface area contributed by atoms with Crippen molar-refractivity contribution in [3.8, 4) is 0 Å². The van der Waals surface area contributed by atoms with Gasteiger partial charge in [-0.3, -0.25) is 35.3 Å². The van der Waals surface area contributed by atoms with Gasteiger partial charge in [0.2, 0.25) is 0 Å². The first-order valence-corrected chi connectivity index (χ1v) is 11.9. The second-order valence-electron chi connectivity index (χ2n) is 7.50. The molecule has 0 unspecified atom stereocenters. The van der Waals surface area contributed by atoms with Gasteiger partial charge in [-0.2, -0.15) is 0 Å². The minimum Gasteiger partial charge on any atom is -0.303 e. The Balaban J connectivity index is 0.000000542.